The predicted octanol–water partition coefficient (Wildman–Crippen LogP) is 1.69. The van der Waals surface area contributed by atoms with E-state index in [-0.39, 0.29) is 42.4 Å². The van der Waals surface area contributed by atoms with Crippen molar-refractivity contribution < 1.29 is 9.53 Å². The first-order valence-corrected chi connectivity index (χ1v) is 8.23. The van der Waals surface area contributed by atoms with Gasteiger partial charge in [0.1, 0.15) is 6.10 Å². The van der Waals surface area contributed by atoms with Gasteiger partial charge in [-0.3, -0.25) is 9.69 Å². The summed E-state index contributed by atoms with van der Waals surface area (Å²) < 4.78 is 5.50. The summed E-state index contributed by atoms with van der Waals surface area (Å²) in [6.07, 6.45) is 0.967. The Hall–Kier alpha value is -0.0700. The van der Waals surface area contributed by atoms with Crippen molar-refractivity contribution >= 4 is 30.7 Å². The van der Waals surface area contributed by atoms with Crippen LogP contribution in [0.3, 0.4) is 0 Å². The molecule has 7 heteroatoms. The van der Waals surface area contributed by atoms with Crippen LogP contribution in [-0.2, 0) is 9.53 Å². The van der Waals surface area contributed by atoms with E-state index in [0.29, 0.717) is 19.7 Å². The van der Waals surface area contributed by atoms with E-state index < -0.39 is 0 Å². The number of carbonyl (C=O) groups excluding carboxylic acids is 1. The molecule has 0 aromatic carbocycles. The fraction of sp³-hybridized carbons (Fsp3) is 0.938. The molecule has 0 bridgehead atoms. The summed E-state index contributed by atoms with van der Waals surface area (Å²) in [5.41, 5.74) is -0.0132. The predicted molar refractivity (Wildman–Crippen MR) is 98.7 cm³/mol. The van der Waals surface area contributed by atoms with Gasteiger partial charge in [-0.05, 0) is 32.1 Å². The molecule has 2 aliphatic rings. The van der Waals surface area contributed by atoms with Gasteiger partial charge in [-0.1, -0.05) is 13.8 Å². The van der Waals surface area contributed by atoms with Gasteiger partial charge in [0.05, 0.1) is 6.61 Å². The first-order chi connectivity index (χ1) is 9.88. The lowest BCUT2D eigenvalue weighted by Gasteiger charge is -2.45. The van der Waals surface area contributed by atoms with E-state index in [1.165, 1.54) is 6.42 Å². The first kappa shape index (κ1) is 22.9. The van der Waals surface area contributed by atoms with Gasteiger partial charge in [0.2, 0.25) is 0 Å². The normalized spacial score (nSPS) is 29.1. The summed E-state index contributed by atoms with van der Waals surface area (Å²) >= 11 is 0. The molecule has 3 atom stereocenters. The Morgan fingerprint density at radius 3 is 2.39 bits per heavy atom. The summed E-state index contributed by atoms with van der Waals surface area (Å²) in [6, 6.07) is 0. The molecule has 2 N–H and O–H groups in total. The SMILES string of the molecule is CC1CC(C)CN(C(C)(C)CNC(=O)C2CNCCO2)C1.Cl.Cl. The van der Waals surface area contributed by atoms with Gasteiger partial charge in [-0.15, -0.1) is 24.8 Å². The molecule has 0 spiro atoms. The van der Waals surface area contributed by atoms with Crippen molar-refractivity contribution in [3.63, 3.8) is 0 Å². The van der Waals surface area contributed by atoms with Gasteiger partial charge >= 0.3 is 0 Å². The molecule has 2 fully saturated rings. The first-order valence-electron chi connectivity index (χ1n) is 8.23. The van der Waals surface area contributed by atoms with E-state index in [4.69, 9.17) is 4.74 Å². The number of piperidine rings is 1. The average Bonchev–Trinajstić information content (AvgIpc) is 2.45. The molecule has 1 amide bonds. The fourth-order valence-corrected chi connectivity index (χ4v) is 3.42. The topological polar surface area (TPSA) is 53.6 Å². The van der Waals surface area contributed by atoms with Crippen molar-refractivity contribution in [2.75, 3.05) is 39.3 Å². The van der Waals surface area contributed by atoms with E-state index >= 15 is 0 Å². The summed E-state index contributed by atoms with van der Waals surface area (Å²) in [5, 5.41) is 6.27. The molecule has 138 valence electrons. The lowest BCUT2D eigenvalue weighted by Crippen LogP contribution is -2.57. The minimum absolute atomic E-state index is 0. The number of hydrogen-bond acceptors (Lipinski definition) is 4. The molecule has 0 saturated carbocycles. The Balaban J connectivity index is 0.00000242. The Morgan fingerprint density at radius 2 is 1.87 bits per heavy atom. The van der Waals surface area contributed by atoms with Gasteiger partial charge in [-0.25, -0.2) is 0 Å². The lowest BCUT2D eigenvalue weighted by molar-refractivity contribution is -0.134. The van der Waals surface area contributed by atoms with Crippen molar-refractivity contribution in [1.82, 2.24) is 15.5 Å². The van der Waals surface area contributed by atoms with Crippen LogP contribution in [0.4, 0.5) is 0 Å². The number of hydrogen-bond donors (Lipinski definition) is 2. The Bertz CT molecular complexity index is 353. The molecular weight excluding hydrogens is 337 g/mol. The molecule has 2 aliphatic heterocycles. The van der Waals surface area contributed by atoms with Crippen LogP contribution in [0, 0.1) is 11.8 Å². The molecule has 0 radical (unpaired) electrons. The van der Waals surface area contributed by atoms with Gasteiger partial charge in [0, 0.05) is 38.3 Å². The molecule has 0 aromatic rings. The van der Waals surface area contributed by atoms with Crippen LogP contribution in [0.25, 0.3) is 0 Å². The molecule has 2 saturated heterocycles. The smallest absolute Gasteiger partial charge is 0.250 e. The van der Waals surface area contributed by atoms with Crippen LogP contribution in [0.1, 0.15) is 34.1 Å². The maximum atomic E-state index is 12.2. The van der Waals surface area contributed by atoms with E-state index in [1.807, 2.05) is 0 Å². The zero-order valence-electron chi connectivity index (χ0n) is 14.8. The zero-order valence-corrected chi connectivity index (χ0v) is 16.4. The van der Waals surface area contributed by atoms with E-state index in [0.717, 1.165) is 31.5 Å². The number of rotatable bonds is 4. The fourth-order valence-electron chi connectivity index (χ4n) is 3.42. The van der Waals surface area contributed by atoms with E-state index in [2.05, 4.69) is 43.2 Å². The monoisotopic (exact) mass is 369 g/mol. The zero-order chi connectivity index (χ0) is 15.5. The third-order valence-electron chi connectivity index (χ3n) is 4.64. The molecule has 0 aliphatic carbocycles. The largest absolute Gasteiger partial charge is 0.366 e. The van der Waals surface area contributed by atoms with Crippen LogP contribution in [-0.4, -0.2) is 61.8 Å². The molecule has 3 unspecified atom stereocenters. The lowest BCUT2D eigenvalue weighted by atomic mass is 9.88. The van der Waals surface area contributed by atoms with Gasteiger partial charge < -0.3 is 15.4 Å². The third-order valence-corrected chi connectivity index (χ3v) is 4.64. The number of amides is 1. The van der Waals surface area contributed by atoms with Crippen molar-refractivity contribution in [3.05, 3.63) is 0 Å². The Labute approximate surface area is 153 Å². The highest BCUT2D eigenvalue weighted by atomic mass is 35.5. The molecule has 23 heavy (non-hydrogen) atoms. The second kappa shape index (κ2) is 10.0. The third kappa shape index (κ3) is 6.75. The standard InChI is InChI=1S/C16H31N3O2.2ClH/c1-12-7-13(2)10-19(9-12)16(3,4)11-18-15(20)14-8-17-5-6-21-14;;/h12-14,17H,5-11H2,1-4H3,(H,18,20);2*1H. The minimum atomic E-state index is -0.339. The minimum Gasteiger partial charge on any atom is -0.366 e. The number of nitrogens with zero attached hydrogens (tertiary/aromatic N) is 1. The number of nitrogens with one attached hydrogen (secondary N) is 2. The van der Waals surface area contributed by atoms with Crippen molar-refractivity contribution in [1.29, 1.82) is 0 Å². The maximum absolute atomic E-state index is 12.2. The molecule has 2 heterocycles. The highest BCUT2D eigenvalue weighted by Gasteiger charge is 2.33. The number of morpholine rings is 1. The van der Waals surface area contributed by atoms with Crippen LogP contribution in [0.2, 0.25) is 0 Å². The van der Waals surface area contributed by atoms with Crippen molar-refractivity contribution in [3.8, 4) is 0 Å². The van der Waals surface area contributed by atoms with Crippen molar-refractivity contribution in [2.24, 2.45) is 11.8 Å². The number of carbonyl (C=O) groups is 1. The van der Waals surface area contributed by atoms with Crippen LogP contribution >= 0.6 is 24.8 Å². The highest BCUT2D eigenvalue weighted by molar-refractivity contribution is 5.85. The van der Waals surface area contributed by atoms with Crippen LogP contribution in [0.5, 0.6) is 0 Å². The second-order valence-electron chi connectivity index (χ2n) is 7.44. The molecular formula is C16H33Cl2N3O2. The van der Waals surface area contributed by atoms with Gasteiger partial charge in [-0.2, -0.15) is 0 Å². The van der Waals surface area contributed by atoms with E-state index in [9.17, 15) is 4.79 Å². The highest BCUT2D eigenvalue weighted by Crippen LogP contribution is 2.26. The van der Waals surface area contributed by atoms with Crippen molar-refractivity contribution in [2.45, 2.75) is 45.8 Å². The van der Waals surface area contributed by atoms with Gasteiger partial charge in [0.15, 0.2) is 0 Å². The summed E-state index contributed by atoms with van der Waals surface area (Å²) in [4.78, 5) is 14.7. The summed E-state index contributed by atoms with van der Waals surface area (Å²) in [6.45, 7) is 14.0. The molecule has 5 nitrogen and oxygen atoms in total. The number of ether oxygens (including phenoxy) is 1. The summed E-state index contributed by atoms with van der Waals surface area (Å²) in [5.74, 6) is 1.47. The second-order valence-corrected chi connectivity index (χ2v) is 7.44. The number of likely N-dealkylation sites (tertiary alicyclic amines) is 1. The van der Waals surface area contributed by atoms with E-state index in [1.54, 1.807) is 0 Å². The van der Waals surface area contributed by atoms with Crippen LogP contribution < -0.4 is 10.6 Å². The maximum Gasteiger partial charge on any atom is 0.250 e. The Kier molecular flexibility index (Phi) is 10.0. The number of halogens is 2. The van der Waals surface area contributed by atoms with Crippen LogP contribution in [0.15, 0.2) is 0 Å². The summed E-state index contributed by atoms with van der Waals surface area (Å²) in [7, 11) is 0. The van der Waals surface area contributed by atoms with Gasteiger partial charge in [0.25, 0.3) is 5.91 Å². The Morgan fingerprint density at radius 1 is 1.26 bits per heavy atom. The average molecular weight is 370 g/mol. The molecule has 0 aromatic heterocycles. The quantitative estimate of drug-likeness (QED) is 0.791. The molecule has 2 rings (SSSR count).